The van der Waals surface area contributed by atoms with Gasteiger partial charge >= 0.3 is 0 Å². The van der Waals surface area contributed by atoms with E-state index in [9.17, 15) is 14.7 Å². The van der Waals surface area contributed by atoms with Gasteiger partial charge in [0.05, 0.1) is 16.6 Å². The van der Waals surface area contributed by atoms with Crippen LogP contribution in [0.4, 0.5) is 5.69 Å². The second-order valence-electron chi connectivity index (χ2n) is 6.83. The molecular weight excluding hydrogens is 320 g/mol. The molecule has 2 heterocycles. The smallest absolute Gasteiger partial charge is 0.264 e. The number of aryl methyl sites for hydroxylation is 1. The highest BCUT2D eigenvalue weighted by Gasteiger charge is 2.31. The molecule has 1 saturated heterocycles. The van der Waals surface area contributed by atoms with Gasteiger partial charge in [-0.05, 0) is 45.7 Å². The van der Waals surface area contributed by atoms with E-state index in [1.807, 2.05) is 30.1 Å². The zero-order chi connectivity index (χ0) is 18.3. The molecule has 2 N–H and O–H groups in total. The van der Waals surface area contributed by atoms with E-state index in [0.29, 0.717) is 29.6 Å². The molecule has 7 heteroatoms. The van der Waals surface area contributed by atoms with Crippen LogP contribution in [0.2, 0.25) is 0 Å². The average molecular weight is 344 g/mol. The van der Waals surface area contributed by atoms with E-state index in [4.69, 9.17) is 0 Å². The monoisotopic (exact) mass is 344 g/mol. The molecule has 1 aromatic carbocycles. The summed E-state index contributed by atoms with van der Waals surface area (Å²) >= 11 is 0. The van der Waals surface area contributed by atoms with Gasteiger partial charge in [-0.2, -0.15) is 0 Å². The maximum absolute atomic E-state index is 13.3. The number of benzene rings is 1. The van der Waals surface area contributed by atoms with Gasteiger partial charge in [-0.15, -0.1) is 0 Å². The van der Waals surface area contributed by atoms with E-state index in [0.717, 1.165) is 5.69 Å². The van der Waals surface area contributed by atoms with Gasteiger partial charge < -0.3 is 15.3 Å². The number of fused-ring (bicyclic) bond motifs is 1. The Hall–Kier alpha value is -2.41. The topological polar surface area (TPSA) is 87.5 Å². The molecule has 25 heavy (non-hydrogen) atoms. The highest BCUT2D eigenvalue weighted by Crippen LogP contribution is 2.26. The first kappa shape index (κ1) is 17.4. The third-order valence-electron chi connectivity index (χ3n) is 4.88. The summed E-state index contributed by atoms with van der Waals surface area (Å²) in [6, 6.07) is 5.17. The zero-order valence-corrected chi connectivity index (χ0v) is 15.0. The van der Waals surface area contributed by atoms with Crippen molar-refractivity contribution in [2.24, 2.45) is 0 Å². The van der Waals surface area contributed by atoms with Crippen LogP contribution in [0.3, 0.4) is 0 Å². The van der Waals surface area contributed by atoms with Gasteiger partial charge in [0.1, 0.15) is 18.1 Å². The summed E-state index contributed by atoms with van der Waals surface area (Å²) in [7, 11) is 1.94. The van der Waals surface area contributed by atoms with Crippen LogP contribution in [0.5, 0.6) is 0 Å². The normalized spacial score (nSPS) is 20.8. The van der Waals surface area contributed by atoms with Crippen LogP contribution in [-0.2, 0) is 4.79 Å². The van der Waals surface area contributed by atoms with Gasteiger partial charge in [-0.25, -0.2) is 4.98 Å². The van der Waals surface area contributed by atoms with E-state index >= 15 is 0 Å². The van der Waals surface area contributed by atoms with Crippen molar-refractivity contribution in [3.8, 4) is 0 Å². The summed E-state index contributed by atoms with van der Waals surface area (Å²) in [5.74, 6) is 0.151. The summed E-state index contributed by atoms with van der Waals surface area (Å²) in [6.45, 7) is 5.84. The quantitative estimate of drug-likeness (QED) is 0.877. The van der Waals surface area contributed by atoms with E-state index in [1.54, 1.807) is 6.92 Å². The van der Waals surface area contributed by atoms with Gasteiger partial charge in [0, 0.05) is 13.1 Å². The van der Waals surface area contributed by atoms with Crippen LogP contribution in [0.15, 0.2) is 23.0 Å². The standard InChI is InChI=1S/C18H24N4O3/c1-10(2)21(4)13-7-5-6-12-16(13)18(25)22(11(3)19-12)14-8-9-15(23)20-17(14)24/h5-7,10,14-15,23H,8-9H2,1-4H3,(H,20,24). The molecule has 2 unspecified atom stereocenters. The number of aromatic nitrogens is 2. The van der Waals surface area contributed by atoms with Crippen molar-refractivity contribution in [3.63, 3.8) is 0 Å². The van der Waals surface area contributed by atoms with E-state index in [-0.39, 0.29) is 17.5 Å². The Morgan fingerprint density at radius 3 is 2.68 bits per heavy atom. The molecule has 2 atom stereocenters. The number of piperidine rings is 1. The maximum atomic E-state index is 13.3. The minimum Gasteiger partial charge on any atom is -0.374 e. The molecule has 134 valence electrons. The lowest BCUT2D eigenvalue weighted by atomic mass is 10.0. The van der Waals surface area contributed by atoms with Crippen LogP contribution in [0.1, 0.15) is 38.6 Å². The lowest BCUT2D eigenvalue weighted by Crippen LogP contribution is -2.47. The summed E-state index contributed by atoms with van der Waals surface area (Å²) in [6.07, 6.45) is -0.0346. The Morgan fingerprint density at radius 1 is 1.32 bits per heavy atom. The second-order valence-corrected chi connectivity index (χ2v) is 6.83. The Bertz CT molecular complexity index is 874. The summed E-state index contributed by atoms with van der Waals surface area (Å²) in [4.78, 5) is 32.2. The molecule has 0 bridgehead atoms. The Kier molecular flexibility index (Phi) is 4.51. The van der Waals surface area contributed by atoms with Crippen molar-refractivity contribution < 1.29 is 9.90 Å². The molecule has 1 aromatic heterocycles. The number of aliphatic hydroxyl groups is 1. The minimum absolute atomic E-state index is 0.216. The van der Waals surface area contributed by atoms with Crippen LogP contribution in [0.25, 0.3) is 10.9 Å². The first-order chi connectivity index (χ1) is 11.8. The predicted molar refractivity (Wildman–Crippen MR) is 96.7 cm³/mol. The number of nitrogens with one attached hydrogen (secondary N) is 1. The highest BCUT2D eigenvalue weighted by atomic mass is 16.3. The molecule has 3 rings (SSSR count). The third-order valence-corrected chi connectivity index (χ3v) is 4.88. The second kappa shape index (κ2) is 6.48. The third kappa shape index (κ3) is 3.00. The number of anilines is 1. The molecular formula is C18H24N4O3. The number of rotatable bonds is 3. The van der Waals surface area contributed by atoms with Crippen molar-refractivity contribution in [3.05, 3.63) is 34.4 Å². The van der Waals surface area contributed by atoms with Crippen LogP contribution >= 0.6 is 0 Å². The van der Waals surface area contributed by atoms with E-state index in [1.165, 1.54) is 4.57 Å². The van der Waals surface area contributed by atoms with Crippen molar-refractivity contribution in [1.29, 1.82) is 0 Å². The Morgan fingerprint density at radius 2 is 2.04 bits per heavy atom. The number of hydrogen-bond acceptors (Lipinski definition) is 5. The number of aliphatic hydroxyl groups excluding tert-OH is 1. The molecule has 1 aliphatic heterocycles. The average Bonchev–Trinajstić information content (AvgIpc) is 2.55. The number of carbonyl (C=O) groups is 1. The Labute approximate surface area is 146 Å². The van der Waals surface area contributed by atoms with Crippen molar-refractivity contribution in [2.45, 2.75) is 51.9 Å². The van der Waals surface area contributed by atoms with Gasteiger partial charge in [-0.1, -0.05) is 6.07 Å². The highest BCUT2D eigenvalue weighted by molar-refractivity contribution is 5.91. The molecule has 2 aromatic rings. The maximum Gasteiger partial charge on any atom is 0.264 e. The fourth-order valence-electron chi connectivity index (χ4n) is 3.30. The van der Waals surface area contributed by atoms with E-state index < -0.39 is 12.3 Å². The molecule has 7 nitrogen and oxygen atoms in total. The van der Waals surface area contributed by atoms with Crippen LogP contribution < -0.4 is 15.8 Å². The molecule has 0 spiro atoms. The lowest BCUT2D eigenvalue weighted by Gasteiger charge is -2.29. The summed E-state index contributed by atoms with van der Waals surface area (Å²) < 4.78 is 1.46. The summed E-state index contributed by atoms with van der Waals surface area (Å²) in [5, 5.41) is 12.6. The number of amides is 1. The van der Waals surface area contributed by atoms with Gasteiger partial charge in [-0.3, -0.25) is 14.2 Å². The molecule has 1 fully saturated rings. The van der Waals surface area contributed by atoms with Crippen molar-refractivity contribution >= 4 is 22.5 Å². The number of carbonyl (C=O) groups excluding carboxylic acids is 1. The first-order valence-electron chi connectivity index (χ1n) is 8.54. The predicted octanol–water partition coefficient (Wildman–Crippen LogP) is 1.32. The van der Waals surface area contributed by atoms with E-state index in [2.05, 4.69) is 24.1 Å². The molecule has 0 radical (unpaired) electrons. The first-order valence-corrected chi connectivity index (χ1v) is 8.54. The van der Waals surface area contributed by atoms with Crippen molar-refractivity contribution in [1.82, 2.24) is 14.9 Å². The number of hydrogen-bond donors (Lipinski definition) is 2. The summed E-state index contributed by atoms with van der Waals surface area (Å²) in [5.41, 5.74) is 1.21. The fraction of sp³-hybridized carbons (Fsp3) is 0.500. The number of nitrogens with zero attached hydrogens (tertiary/aromatic N) is 3. The van der Waals surface area contributed by atoms with Crippen LogP contribution in [-0.4, -0.2) is 39.9 Å². The van der Waals surface area contributed by atoms with Crippen molar-refractivity contribution in [2.75, 3.05) is 11.9 Å². The molecule has 1 aliphatic rings. The zero-order valence-electron chi connectivity index (χ0n) is 15.0. The molecule has 1 amide bonds. The van der Waals surface area contributed by atoms with Crippen LogP contribution in [0, 0.1) is 6.92 Å². The van der Waals surface area contributed by atoms with Gasteiger partial charge in [0.2, 0.25) is 5.91 Å². The molecule has 0 aliphatic carbocycles. The molecule has 0 saturated carbocycles. The van der Waals surface area contributed by atoms with Gasteiger partial charge in [0.25, 0.3) is 5.56 Å². The Balaban J connectivity index is 2.23. The fourth-order valence-corrected chi connectivity index (χ4v) is 3.30. The minimum atomic E-state index is -0.851. The largest absolute Gasteiger partial charge is 0.374 e. The lowest BCUT2D eigenvalue weighted by molar-refractivity contribution is -0.130. The van der Waals surface area contributed by atoms with Gasteiger partial charge in [0.15, 0.2) is 0 Å². The SMILES string of the molecule is Cc1nc2cccc(N(C)C(C)C)c2c(=O)n1C1CCC(O)NC1=O.